The molecule has 35 heavy (non-hydrogen) atoms. The van der Waals surface area contributed by atoms with Crippen molar-refractivity contribution in [2.75, 3.05) is 11.9 Å². The predicted molar refractivity (Wildman–Crippen MR) is 135 cm³/mol. The van der Waals surface area contributed by atoms with Crippen LogP contribution in [0.15, 0.2) is 71.1 Å². The maximum absolute atomic E-state index is 12.7. The van der Waals surface area contributed by atoms with E-state index in [4.69, 9.17) is 8.92 Å². The van der Waals surface area contributed by atoms with E-state index >= 15 is 0 Å². The number of hydrogen-bond acceptors (Lipinski definition) is 6. The van der Waals surface area contributed by atoms with Gasteiger partial charge in [0.1, 0.15) is 16.5 Å². The number of rotatable bonds is 8. The van der Waals surface area contributed by atoms with Crippen LogP contribution in [0.3, 0.4) is 0 Å². The van der Waals surface area contributed by atoms with Gasteiger partial charge in [-0.05, 0) is 80.8 Å². The highest BCUT2D eigenvalue weighted by Gasteiger charge is 2.20. The molecule has 0 saturated carbocycles. The van der Waals surface area contributed by atoms with Crippen LogP contribution >= 0.6 is 0 Å². The summed E-state index contributed by atoms with van der Waals surface area (Å²) in [6.45, 7) is 7.64. The number of hydrogen-bond donors (Lipinski definition) is 1. The van der Waals surface area contributed by atoms with Gasteiger partial charge in [-0.25, -0.2) is 0 Å². The molecule has 0 saturated heterocycles. The third-order valence-corrected chi connectivity index (χ3v) is 6.34. The molecule has 1 amide bonds. The van der Waals surface area contributed by atoms with Crippen LogP contribution in [0.5, 0.6) is 11.5 Å². The molecule has 8 heteroatoms. The van der Waals surface area contributed by atoms with E-state index in [0.717, 1.165) is 16.7 Å². The van der Waals surface area contributed by atoms with E-state index in [1.54, 1.807) is 25.1 Å². The Morgan fingerprint density at radius 1 is 0.971 bits per heavy atom. The SMILES string of the molecule is CCOc1cc(/C=C(\C#N)C(=O)Nc2cc(C)ccc2C)ccc1OS(=O)(=O)c1ccc(C)cc1. The number of benzene rings is 3. The van der Waals surface area contributed by atoms with E-state index in [1.807, 2.05) is 45.0 Å². The summed E-state index contributed by atoms with van der Waals surface area (Å²) < 4.78 is 36.3. The summed E-state index contributed by atoms with van der Waals surface area (Å²) in [5, 5.41) is 12.3. The lowest BCUT2D eigenvalue weighted by atomic mass is 10.1. The molecule has 0 aromatic heterocycles. The van der Waals surface area contributed by atoms with E-state index in [9.17, 15) is 18.5 Å². The van der Waals surface area contributed by atoms with Crippen LogP contribution in [-0.4, -0.2) is 20.9 Å². The van der Waals surface area contributed by atoms with Gasteiger partial charge in [0.2, 0.25) is 0 Å². The maximum atomic E-state index is 12.7. The molecule has 0 heterocycles. The second kappa shape index (κ2) is 10.9. The number of carbonyl (C=O) groups excluding carboxylic acids is 1. The third-order valence-electron chi connectivity index (χ3n) is 5.09. The van der Waals surface area contributed by atoms with Crippen molar-refractivity contribution in [3.8, 4) is 17.6 Å². The number of anilines is 1. The summed E-state index contributed by atoms with van der Waals surface area (Å²) in [7, 11) is -4.08. The standard InChI is InChI=1S/C27H26N2O5S/c1-5-33-26-16-21(10-13-25(26)34-35(31,32)23-11-7-18(2)8-12-23)15-22(17-28)27(30)29-24-14-19(3)6-9-20(24)4/h6-16H,5H2,1-4H3,(H,29,30)/b22-15+. The van der Waals surface area contributed by atoms with Crippen molar-refractivity contribution in [3.63, 3.8) is 0 Å². The van der Waals surface area contributed by atoms with Crippen molar-refractivity contribution in [1.82, 2.24) is 0 Å². The quantitative estimate of drug-likeness (QED) is 0.260. The first-order valence-corrected chi connectivity index (χ1v) is 12.3. The molecule has 3 rings (SSSR count). The van der Waals surface area contributed by atoms with Crippen molar-refractivity contribution >= 4 is 27.8 Å². The zero-order chi connectivity index (χ0) is 25.6. The Balaban J connectivity index is 1.89. The summed E-state index contributed by atoms with van der Waals surface area (Å²) in [5.41, 5.74) is 3.75. The highest BCUT2D eigenvalue weighted by molar-refractivity contribution is 7.87. The number of aryl methyl sites for hydroxylation is 3. The average Bonchev–Trinajstić information content (AvgIpc) is 2.81. The number of ether oxygens (including phenoxy) is 1. The van der Waals surface area contributed by atoms with E-state index in [-0.39, 0.29) is 28.6 Å². The van der Waals surface area contributed by atoms with Crippen LogP contribution in [0, 0.1) is 32.1 Å². The molecule has 0 aliphatic rings. The normalized spacial score (nSPS) is 11.5. The van der Waals surface area contributed by atoms with Gasteiger partial charge in [0, 0.05) is 5.69 Å². The third kappa shape index (κ3) is 6.49. The zero-order valence-corrected chi connectivity index (χ0v) is 20.8. The highest BCUT2D eigenvalue weighted by Crippen LogP contribution is 2.32. The number of nitrogens with one attached hydrogen (secondary N) is 1. The van der Waals surface area contributed by atoms with Gasteiger partial charge in [-0.2, -0.15) is 13.7 Å². The lowest BCUT2D eigenvalue weighted by Gasteiger charge is -2.13. The molecule has 0 unspecified atom stereocenters. The summed E-state index contributed by atoms with van der Waals surface area (Å²) in [5.74, 6) is -0.381. The molecule has 0 fully saturated rings. The van der Waals surface area contributed by atoms with Crippen molar-refractivity contribution in [3.05, 3.63) is 88.5 Å². The zero-order valence-electron chi connectivity index (χ0n) is 20.0. The smallest absolute Gasteiger partial charge is 0.339 e. The van der Waals surface area contributed by atoms with Gasteiger partial charge in [-0.3, -0.25) is 4.79 Å². The second-order valence-corrected chi connectivity index (χ2v) is 9.48. The van der Waals surface area contributed by atoms with Crippen LogP contribution < -0.4 is 14.2 Å². The van der Waals surface area contributed by atoms with E-state index in [0.29, 0.717) is 11.3 Å². The Kier molecular flexibility index (Phi) is 7.94. The molecule has 3 aromatic carbocycles. The van der Waals surface area contributed by atoms with Gasteiger partial charge in [-0.15, -0.1) is 0 Å². The van der Waals surface area contributed by atoms with Crippen LogP contribution in [0.1, 0.15) is 29.2 Å². The monoisotopic (exact) mass is 490 g/mol. The Bertz CT molecular complexity index is 1420. The Hall–Kier alpha value is -4.09. The molecule has 180 valence electrons. The van der Waals surface area contributed by atoms with Gasteiger partial charge in [0.15, 0.2) is 11.5 Å². The van der Waals surface area contributed by atoms with Crippen molar-refractivity contribution in [2.24, 2.45) is 0 Å². The van der Waals surface area contributed by atoms with Gasteiger partial charge in [-0.1, -0.05) is 35.9 Å². The molecular formula is C27H26N2O5S. The van der Waals surface area contributed by atoms with Crippen molar-refractivity contribution in [1.29, 1.82) is 5.26 Å². The lowest BCUT2D eigenvalue weighted by molar-refractivity contribution is -0.112. The van der Waals surface area contributed by atoms with Crippen LogP contribution in [0.25, 0.3) is 6.08 Å². The second-order valence-electron chi connectivity index (χ2n) is 7.93. The van der Waals surface area contributed by atoms with Crippen LogP contribution in [-0.2, 0) is 14.9 Å². The largest absolute Gasteiger partial charge is 0.490 e. The number of amides is 1. The minimum Gasteiger partial charge on any atom is -0.490 e. The first kappa shape index (κ1) is 25.5. The van der Waals surface area contributed by atoms with Crippen molar-refractivity contribution in [2.45, 2.75) is 32.6 Å². The summed E-state index contributed by atoms with van der Waals surface area (Å²) in [6.07, 6.45) is 1.40. The van der Waals surface area contributed by atoms with Crippen molar-refractivity contribution < 1.29 is 22.1 Å². The minimum atomic E-state index is -4.08. The fourth-order valence-electron chi connectivity index (χ4n) is 3.20. The molecule has 0 spiro atoms. The Morgan fingerprint density at radius 2 is 1.66 bits per heavy atom. The van der Waals surface area contributed by atoms with Crippen LogP contribution in [0.2, 0.25) is 0 Å². The van der Waals surface area contributed by atoms with Gasteiger partial charge in [0.25, 0.3) is 5.91 Å². The molecule has 3 aromatic rings. The number of nitrogens with zero attached hydrogens (tertiary/aromatic N) is 1. The number of carbonyl (C=O) groups is 1. The van der Waals surface area contributed by atoms with E-state index in [1.165, 1.54) is 30.3 Å². The highest BCUT2D eigenvalue weighted by atomic mass is 32.2. The average molecular weight is 491 g/mol. The van der Waals surface area contributed by atoms with Gasteiger partial charge in [0.05, 0.1) is 6.61 Å². The molecule has 7 nitrogen and oxygen atoms in total. The maximum Gasteiger partial charge on any atom is 0.339 e. The lowest BCUT2D eigenvalue weighted by Crippen LogP contribution is -2.14. The summed E-state index contributed by atoms with van der Waals surface area (Å²) >= 11 is 0. The summed E-state index contributed by atoms with van der Waals surface area (Å²) in [6, 6.07) is 18.4. The molecule has 0 aliphatic carbocycles. The van der Waals surface area contributed by atoms with Crippen LogP contribution in [0.4, 0.5) is 5.69 Å². The first-order valence-electron chi connectivity index (χ1n) is 10.9. The summed E-state index contributed by atoms with van der Waals surface area (Å²) in [4.78, 5) is 12.7. The molecule has 0 bridgehead atoms. The topological polar surface area (TPSA) is 105 Å². The van der Waals surface area contributed by atoms with E-state index < -0.39 is 16.0 Å². The van der Waals surface area contributed by atoms with E-state index in [2.05, 4.69) is 5.32 Å². The molecule has 1 N–H and O–H groups in total. The Morgan fingerprint density at radius 3 is 2.31 bits per heavy atom. The van der Waals surface area contributed by atoms with Gasteiger partial charge >= 0.3 is 10.1 Å². The number of nitriles is 1. The molecular weight excluding hydrogens is 464 g/mol. The first-order chi connectivity index (χ1) is 16.6. The molecule has 0 aliphatic heterocycles. The molecule has 0 atom stereocenters. The fraction of sp³-hybridized carbons (Fsp3) is 0.185. The Labute approximate surface area is 205 Å². The fourth-order valence-corrected chi connectivity index (χ4v) is 4.14. The minimum absolute atomic E-state index is 0.00270. The predicted octanol–water partition coefficient (Wildman–Crippen LogP) is 5.32. The molecule has 0 radical (unpaired) electrons. The van der Waals surface area contributed by atoms with Gasteiger partial charge < -0.3 is 14.2 Å².